The van der Waals surface area contributed by atoms with Crippen molar-refractivity contribution in [1.29, 1.82) is 0 Å². The van der Waals surface area contributed by atoms with Crippen molar-refractivity contribution in [3.8, 4) is 0 Å². The fourth-order valence-corrected chi connectivity index (χ4v) is 2.80. The Morgan fingerprint density at radius 2 is 2.00 bits per heavy atom. The number of carbonyl (C=O) groups excluding carboxylic acids is 1. The highest BCUT2D eigenvalue weighted by atomic mass is 16.5. The van der Waals surface area contributed by atoms with Crippen molar-refractivity contribution in [3.05, 3.63) is 30.1 Å². The van der Waals surface area contributed by atoms with Crippen LogP contribution >= 0.6 is 0 Å². The van der Waals surface area contributed by atoms with Gasteiger partial charge < -0.3 is 9.64 Å². The van der Waals surface area contributed by atoms with Gasteiger partial charge in [0.05, 0.1) is 13.2 Å². The minimum Gasteiger partial charge on any atom is -0.378 e. The topological polar surface area (TPSA) is 42.4 Å². The van der Waals surface area contributed by atoms with Crippen LogP contribution in [0.5, 0.6) is 0 Å². The zero-order valence-corrected chi connectivity index (χ0v) is 12.4. The number of hydrogen-bond donors (Lipinski definition) is 0. The van der Waals surface area contributed by atoms with E-state index in [0.29, 0.717) is 19.1 Å². The molecule has 1 aliphatic heterocycles. The van der Waals surface area contributed by atoms with Crippen LogP contribution in [-0.4, -0.2) is 42.1 Å². The molecule has 0 radical (unpaired) electrons. The molecule has 0 saturated carbocycles. The molecule has 2 rings (SSSR count). The van der Waals surface area contributed by atoms with Crippen molar-refractivity contribution >= 4 is 5.91 Å². The molecule has 20 heavy (non-hydrogen) atoms. The summed E-state index contributed by atoms with van der Waals surface area (Å²) in [6, 6.07) is 4.11. The van der Waals surface area contributed by atoms with E-state index in [9.17, 15) is 4.79 Å². The first kappa shape index (κ1) is 15.0. The predicted octanol–water partition coefficient (Wildman–Crippen LogP) is 2.46. The van der Waals surface area contributed by atoms with Crippen molar-refractivity contribution in [2.24, 2.45) is 5.92 Å². The fraction of sp³-hybridized carbons (Fsp3) is 0.625. The van der Waals surface area contributed by atoms with Gasteiger partial charge in [-0.05, 0) is 36.5 Å². The minimum absolute atomic E-state index is 0.0613. The van der Waals surface area contributed by atoms with E-state index in [1.165, 1.54) is 5.56 Å². The number of hydrogen-bond acceptors (Lipinski definition) is 3. The molecule has 2 atom stereocenters. The molecule has 4 nitrogen and oxygen atoms in total. The second-order valence-corrected chi connectivity index (χ2v) is 5.46. The highest BCUT2D eigenvalue weighted by Gasteiger charge is 2.25. The van der Waals surface area contributed by atoms with Crippen molar-refractivity contribution < 1.29 is 9.53 Å². The van der Waals surface area contributed by atoms with Gasteiger partial charge in [-0.3, -0.25) is 9.78 Å². The highest BCUT2D eigenvalue weighted by Crippen LogP contribution is 2.27. The lowest BCUT2D eigenvalue weighted by Gasteiger charge is -2.30. The molecule has 1 saturated heterocycles. The number of ether oxygens (including phenoxy) is 1. The van der Waals surface area contributed by atoms with Gasteiger partial charge in [0.15, 0.2) is 0 Å². The molecular weight excluding hydrogens is 252 g/mol. The largest absolute Gasteiger partial charge is 0.378 e. The van der Waals surface area contributed by atoms with Crippen LogP contribution in [0.25, 0.3) is 0 Å². The quantitative estimate of drug-likeness (QED) is 0.829. The third-order valence-electron chi connectivity index (χ3n) is 4.05. The molecule has 2 heterocycles. The second-order valence-electron chi connectivity index (χ2n) is 5.46. The summed E-state index contributed by atoms with van der Waals surface area (Å²) >= 11 is 0. The van der Waals surface area contributed by atoms with Crippen molar-refractivity contribution in [2.75, 3.05) is 26.3 Å². The highest BCUT2D eigenvalue weighted by molar-refractivity contribution is 5.78. The van der Waals surface area contributed by atoms with Crippen molar-refractivity contribution in [1.82, 2.24) is 9.88 Å². The third-order valence-corrected chi connectivity index (χ3v) is 4.05. The minimum atomic E-state index is 0.0613. The first-order chi connectivity index (χ1) is 9.72. The lowest BCUT2D eigenvalue weighted by molar-refractivity contribution is -0.139. The Balaban J connectivity index is 1.94. The second kappa shape index (κ2) is 7.39. The summed E-state index contributed by atoms with van der Waals surface area (Å²) in [7, 11) is 0. The van der Waals surface area contributed by atoms with Gasteiger partial charge in [-0.25, -0.2) is 0 Å². The van der Waals surface area contributed by atoms with Gasteiger partial charge in [0.2, 0.25) is 5.91 Å². The number of morpholine rings is 1. The molecule has 1 amide bonds. The van der Waals surface area contributed by atoms with E-state index in [2.05, 4.69) is 24.0 Å². The Kier molecular flexibility index (Phi) is 5.53. The molecular formula is C16H24N2O2. The lowest BCUT2D eigenvalue weighted by Crippen LogP contribution is -2.43. The maximum absolute atomic E-state index is 12.4. The normalized spacial score (nSPS) is 18.6. The molecule has 110 valence electrons. The molecule has 1 fully saturated rings. The van der Waals surface area contributed by atoms with E-state index in [1.54, 1.807) is 0 Å². The Morgan fingerprint density at radius 1 is 1.35 bits per heavy atom. The standard InChI is InChI=1S/C16H24N2O2/c1-3-14(15-4-6-17-7-5-15)12-13(2)16(19)18-8-10-20-11-9-18/h4-7,13-14H,3,8-12H2,1-2H3. The molecule has 0 N–H and O–H groups in total. The van der Waals surface area contributed by atoms with Crippen LogP contribution in [0.3, 0.4) is 0 Å². The average molecular weight is 276 g/mol. The predicted molar refractivity (Wildman–Crippen MR) is 78.4 cm³/mol. The Hall–Kier alpha value is -1.42. The molecule has 1 aromatic rings. The van der Waals surface area contributed by atoms with E-state index in [4.69, 9.17) is 4.74 Å². The van der Waals surface area contributed by atoms with E-state index in [-0.39, 0.29) is 11.8 Å². The molecule has 0 bridgehead atoms. The SMILES string of the molecule is CCC(CC(C)C(=O)N1CCOCC1)c1ccncc1. The number of amides is 1. The molecule has 1 aromatic heterocycles. The van der Waals surface area contributed by atoms with Gasteiger partial charge in [-0.2, -0.15) is 0 Å². The van der Waals surface area contributed by atoms with Crippen molar-refractivity contribution in [3.63, 3.8) is 0 Å². The summed E-state index contributed by atoms with van der Waals surface area (Å²) in [5.41, 5.74) is 1.28. The molecule has 1 aliphatic rings. The van der Waals surface area contributed by atoms with Crippen LogP contribution in [-0.2, 0) is 9.53 Å². The smallest absolute Gasteiger partial charge is 0.225 e. The van der Waals surface area contributed by atoms with Gasteiger partial charge >= 0.3 is 0 Å². The zero-order chi connectivity index (χ0) is 14.4. The van der Waals surface area contributed by atoms with Crippen LogP contribution in [0.15, 0.2) is 24.5 Å². The average Bonchev–Trinajstić information content (AvgIpc) is 2.53. The first-order valence-corrected chi connectivity index (χ1v) is 7.48. The summed E-state index contributed by atoms with van der Waals surface area (Å²) in [6.45, 7) is 7.02. The van der Waals surface area contributed by atoms with Gasteiger partial charge in [0, 0.05) is 31.4 Å². The fourth-order valence-electron chi connectivity index (χ4n) is 2.80. The molecule has 2 unspecified atom stereocenters. The van der Waals surface area contributed by atoms with Crippen LogP contribution < -0.4 is 0 Å². The maximum atomic E-state index is 12.4. The Labute approximate surface area is 121 Å². The Bertz CT molecular complexity index is 416. The monoisotopic (exact) mass is 276 g/mol. The van der Waals surface area contributed by atoms with Crippen LogP contribution in [0.4, 0.5) is 0 Å². The van der Waals surface area contributed by atoms with Crippen LogP contribution in [0.1, 0.15) is 38.2 Å². The number of aromatic nitrogens is 1. The summed E-state index contributed by atoms with van der Waals surface area (Å²) in [4.78, 5) is 18.4. The summed E-state index contributed by atoms with van der Waals surface area (Å²) < 4.78 is 5.30. The van der Waals surface area contributed by atoms with Crippen molar-refractivity contribution in [2.45, 2.75) is 32.6 Å². The van der Waals surface area contributed by atoms with Crippen LogP contribution in [0, 0.1) is 5.92 Å². The van der Waals surface area contributed by atoms with E-state index in [0.717, 1.165) is 25.9 Å². The third kappa shape index (κ3) is 3.79. The van der Waals surface area contributed by atoms with Gasteiger partial charge in [0.25, 0.3) is 0 Å². The number of rotatable bonds is 5. The maximum Gasteiger partial charge on any atom is 0.225 e. The first-order valence-electron chi connectivity index (χ1n) is 7.48. The number of pyridine rings is 1. The van der Waals surface area contributed by atoms with E-state index in [1.807, 2.05) is 24.2 Å². The number of carbonyl (C=O) groups is 1. The van der Waals surface area contributed by atoms with E-state index >= 15 is 0 Å². The number of nitrogens with zero attached hydrogens (tertiary/aromatic N) is 2. The molecule has 0 aromatic carbocycles. The summed E-state index contributed by atoms with van der Waals surface area (Å²) in [5.74, 6) is 0.755. The van der Waals surface area contributed by atoms with Crippen LogP contribution in [0.2, 0.25) is 0 Å². The zero-order valence-electron chi connectivity index (χ0n) is 12.4. The summed E-state index contributed by atoms with van der Waals surface area (Å²) in [5, 5.41) is 0. The molecule has 0 spiro atoms. The molecule has 4 heteroatoms. The Morgan fingerprint density at radius 3 is 2.60 bits per heavy atom. The summed E-state index contributed by atoms with van der Waals surface area (Å²) in [6.07, 6.45) is 5.60. The van der Waals surface area contributed by atoms with Gasteiger partial charge in [-0.15, -0.1) is 0 Å². The van der Waals surface area contributed by atoms with Gasteiger partial charge in [0.1, 0.15) is 0 Å². The van der Waals surface area contributed by atoms with E-state index < -0.39 is 0 Å². The lowest BCUT2D eigenvalue weighted by atomic mass is 9.87. The molecule has 0 aliphatic carbocycles. The van der Waals surface area contributed by atoms with Gasteiger partial charge in [-0.1, -0.05) is 13.8 Å².